The zero-order valence-electron chi connectivity index (χ0n) is 9.36. The van der Waals surface area contributed by atoms with Crippen molar-refractivity contribution in [1.82, 2.24) is 5.32 Å². The van der Waals surface area contributed by atoms with Gasteiger partial charge < -0.3 is 15.5 Å². The number of anilines is 1. The van der Waals surface area contributed by atoms with E-state index in [4.69, 9.17) is 10.2 Å². The van der Waals surface area contributed by atoms with Gasteiger partial charge in [-0.1, -0.05) is 12.1 Å². The summed E-state index contributed by atoms with van der Waals surface area (Å²) in [5.41, 5.74) is 10.2. The van der Waals surface area contributed by atoms with E-state index in [0.29, 0.717) is 0 Å². The molecule has 0 aliphatic carbocycles. The first-order valence-corrected chi connectivity index (χ1v) is 5.32. The largest absolute Gasteiger partial charge is 0.472 e. The zero-order valence-corrected chi connectivity index (χ0v) is 9.36. The molecule has 0 aliphatic rings. The third kappa shape index (κ3) is 2.64. The molecule has 0 radical (unpaired) electrons. The van der Waals surface area contributed by atoms with Crippen LogP contribution in [0, 0.1) is 6.92 Å². The summed E-state index contributed by atoms with van der Waals surface area (Å²) in [6, 6.07) is 8.10. The summed E-state index contributed by atoms with van der Waals surface area (Å²) >= 11 is 0. The Bertz CT molecular complexity index is 449. The van der Waals surface area contributed by atoms with Gasteiger partial charge >= 0.3 is 0 Å². The van der Waals surface area contributed by atoms with Crippen molar-refractivity contribution < 1.29 is 4.42 Å². The van der Waals surface area contributed by atoms with Gasteiger partial charge in [0.2, 0.25) is 0 Å². The van der Waals surface area contributed by atoms with E-state index >= 15 is 0 Å². The molecule has 0 unspecified atom stereocenters. The van der Waals surface area contributed by atoms with E-state index in [9.17, 15) is 0 Å². The smallest absolute Gasteiger partial charge is 0.0947 e. The van der Waals surface area contributed by atoms with Crippen LogP contribution in [-0.2, 0) is 13.1 Å². The van der Waals surface area contributed by atoms with Crippen LogP contribution in [0.2, 0.25) is 0 Å². The Morgan fingerprint density at radius 1 is 1.19 bits per heavy atom. The van der Waals surface area contributed by atoms with Crippen molar-refractivity contribution in [2.45, 2.75) is 20.0 Å². The number of nitrogens with one attached hydrogen (secondary N) is 1. The Labute approximate surface area is 95.3 Å². The molecule has 2 aromatic rings. The topological polar surface area (TPSA) is 51.2 Å². The quantitative estimate of drug-likeness (QED) is 0.772. The fourth-order valence-corrected chi connectivity index (χ4v) is 1.54. The molecule has 84 valence electrons. The Morgan fingerprint density at radius 3 is 2.69 bits per heavy atom. The van der Waals surface area contributed by atoms with E-state index in [1.807, 2.05) is 25.1 Å². The minimum atomic E-state index is 0.810. The van der Waals surface area contributed by atoms with Crippen molar-refractivity contribution in [3.05, 3.63) is 53.5 Å². The third-order valence-electron chi connectivity index (χ3n) is 2.58. The van der Waals surface area contributed by atoms with Crippen molar-refractivity contribution in [3.63, 3.8) is 0 Å². The molecule has 0 atom stereocenters. The fourth-order valence-electron chi connectivity index (χ4n) is 1.54. The highest BCUT2D eigenvalue weighted by Gasteiger charge is 1.98. The number of benzene rings is 1. The Morgan fingerprint density at radius 2 is 2.00 bits per heavy atom. The van der Waals surface area contributed by atoms with Crippen molar-refractivity contribution >= 4 is 5.69 Å². The van der Waals surface area contributed by atoms with Crippen LogP contribution in [-0.4, -0.2) is 0 Å². The van der Waals surface area contributed by atoms with Crippen molar-refractivity contribution in [3.8, 4) is 0 Å². The van der Waals surface area contributed by atoms with Gasteiger partial charge in [-0.3, -0.25) is 0 Å². The molecular weight excluding hydrogens is 200 g/mol. The first-order valence-electron chi connectivity index (χ1n) is 5.32. The normalized spacial score (nSPS) is 10.6. The van der Waals surface area contributed by atoms with Crippen LogP contribution in [0.25, 0.3) is 0 Å². The highest BCUT2D eigenvalue weighted by Crippen LogP contribution is 2.12. The number of hydrogen-bond acceptors (Lipinski definition) is 3. The minimum absolute atomic E-state index is 0.810. The van der Waals surface area contributed by atoms with Gasteiger partial charge in [0, 0.05) is 24.3 Å². The predicted molar refractivity (Wildman–Crippen MR) is 64.8 cm³/mol. The van der Waals surface area contributed by atoms with Crippen LogP contribution in [0.5, 0.6) is 0 Å². The van der Waals surface area contributed by atoms with E-state index in [-0.39, 0.29) is 0 Å². The second kappa shape index (κ2) is 4.86. The standard InChI is InChI=1S/C13H16N2O/c1-10-2-3-11(6-13(10)14)7-15-8-12-4-5-16-9-12/h2-6,9,15H,7-8,14H2,1H3. The van der Waals surface area contributed by atoms with Crippen LogP contribution in [0.1, 0.15) is 16.7 Å². The lowest BCUT2D eigenvalue weighted by Crippen LogP contribution is -2.12. The van der Waals surface area contributed by atoms with Gasteiger partial charge in [0.15, 0.2) is 0 Å². The van der Waals surface area contributed by atoms with Gasteiger partial charge in [-0.25, -0.2) is 0 Å². The molecule has 2 rings (SSSR count). The SMILES string of the molecule is Cc1ccc(CNCc2ccoc2)cc1N. The molecule has 1 aromatic carbocycles. The highest BCUT2D eigenvalue weighted by molar-refractivity contribution is 5.48. The minimum Gasteiger partial charge on any atom is -0.472 e. The second-order valence-electron chi connectivity index (χ2n) is 3.93. The number of rotatable bonds is 4. The molecule has 3 nitrogen and oxygen atoms in total. The zero-order chi connectivity index (χ0) is 11.4. The maximum atomic E-state index is 5.84. The Kier molecular flexibility index (Phi) is 3.27. The first kappa shape index (κ1) is 10.8. The van der Waals surface area contributed by atoms with Crippen LogP contribution < -0.4 is 11.1 Å². The van der Waals surface area contributed by atoms with Gasteiger partial charge in [0.05, 0.1) is 12.5 Å². The summed E-state index contributed by atoms with van der Waals surface area (Å²) in [7, 11) is 0. The van der Waals surface area contributed by atoms with E-state index in [2.05, 4.69) is 11.4 Å². The molecule has 0 saturated carbocycles. The lowest BCUT2D eigenvalue weighted by molar-refractivity contribution is 0.560. The number of nitrogen functional groups attached to an aromatic ring is 1. The summed E-state index contributed by atoms with van der Waals surface area (Å²) in [5, 5.41) is 3.34. The summed E-state index contributed by atoms with van der Waals surface area (Å²) in [4.78, 5) is 0. The van der Waals surface area contributed by atoms with Crippen molar-refractivity contribution in [1.29, 1.82) is 0 Å². The summed E-state index contributed by atoms with van der Waals surface area (Å²) < 4.78 is 4.99. The van der Waals surface area contributed by atoms with Crippen molar-refractivity contribution in [2.75, 3.05) is 5.73 Å². The van der Waals surface area contributed by atoms with E-state index in [0.717, 1.165) is 29.9 Å². The molecule has 0 aliphatic heterocycles. The van der Waals surface area contributed by atoms with Crippen LogP contribution in [0.3, 0.4) is 0 Å². The molecule has 1 heterocycles. The van der Waals surface area contributed by atoms with E-state index in [1.54, 1.807) is 12.5 Å². The number of aryl methyl sites for hydroxylation is 1. The third-order valence-corrected chi connectivity index (χ3v) is 2.58. The lowest BCUT2D eigenvalue weighted by atomic mass is 10.1. The molecule has 0 amide bonds. The van der Waals surface area contributed by atoms with Gasteiger partial charge in [0.25, 0.3) is 0 Å². The predicted octanol–water partition coefficient (Wildman–Crippen LogP) is 2.46. The average Bonchev–Trinajstić information content (AvgIpc) is 2.76. The molecule has 16 heavy (non-hydrogen) atoms. The number of nitrogens with two attached hydrogens (primary N) is 1. The van der Waals surface area contributed by atoms with Gasteiger partial charge in [-0.05, 0) is 30.2 Å². The van der Waals surface area contributed by atoms with E-state index < -0.39 is 0 Å². The lowest BCUT2D eigenvalue weighted by Gasteiger charge is -2.06. The average molecular weight is 216 g/mol. The maximum absolute atomic E-state index is 5.84. The Hall–Kier alpha value is -1.74. The maximum Gasteiger partial charge on any atom is 0.0947 e. The van der Waals surface area contributed by atoms with Gasteiger partial charge in [-0.15, -0.1) is 0 Å². The summed E-state index contributed by atoms with van der Waals surface area (Å²) in [6.45, 7) is 3.64. The summed E-state index contributed by atoms with van der Waals surface area (Å²) in [5.74, 6) is 0. The molecule has 3 N–H and O–H groups in total. The van der Waals surface area contributed by atoms with Crippen LogP contribution >= 0.6 is 0 Å². The van der Waals surface area contributed by atoms with Crippen LogP contribution in [0.4, 0.5) is 5.69 Å². The Balaban J connectivity index is 1.87. The van der Waals surface area contributed by atoms with Gasteiger partial charge in [-0.2, -0.15) is 0 Å². The fraction of sp³-hybridized carbons (Fsp3) is 0.231. The molecule has 0 fully saturated rings. The van der Waals surface area contributed by atoms with Crippen molar-refractivity contribution in [2.24, 2.45) is 0 Å². The molecule has 3 heteroatoms. The molecule has 0 spiro atoms. The monoisotopic (exact) mass is 216 g/mol. The molecule has 0 bridgehead atoms. The second-order valence-corrected chi connectivity index (χ2v) is 3.93. The highest BCUT2D eigenvalue weighted by atomic mass is 16.3. The van der Waals surface area contributed by atoms with Crippen LogP contribution in [0.15, 0.2) is 41.2 Å². The first-order chi connectivity index (χ1) is 7.75. The molecule has 0 saturated heterocycles. The molecule has 1 aromatic heterocycles. The molecular formula is C13H16N2O. The summed E-state index contributed by atoms with van der Waals surface area (Å²) in [6.07, 6.45) is 3.43. The number of furan rings is 1. The van der Waals surface area contributed by atoms with E-state index in [1.165, 1.54) is 5.56 Å². The van der Waals surface area contributed by atoms with Gasteiger partial charge in [0.1, 0.15) is 0 Å². The number of hydrogen-bond donors (Lipinski definition) is 2.